The van der Waals surface area contributed by atoms with Gasteiger partial charge in [-0.15, -0.1) is 0 Å². The minimum absolute atomic E-state index is 0.275. The Morgan fingerprint density at radius 2 is 1.82 bits per heavy atom. The fraction of sp³-hybridized carbons (Fsp3) is 0.0833. The van der Waals surface area contributed by atoms with E-state index in [-0.39, 0.29) is 6.47 Å². The van der Waals surface area contributed by atoms with Gasteiger partial charge in [0.15, 0.2) is 0 Å². The first-order valence-corrected chi connectivity index (χ1v) is 9.96. The Labute approximate surface area is 189 Å². The zero-order valence-electron chi connectivity index (χ0n) is 17.9. The van der Waals surface area contributed by atoms with E-state index < -0.39 is 5.97 Å². The summed E-state index contributed by atoms with van der Waals surface area (Å²) in [5.41, 5.74) is 4.79. The maximum atomic E-state index is 11.4. The van der Waals surface area contributed by atoms with Crippen LogP contribution in [0.5, 0.6) is 0 Å². The second-order valence-electron chi connectivity index (χ2n) is 6.97. The van der Waals surface area contributed by atoms with Crippen LogP contribution in [0.3, 0.4) is 0 Å². The molecular formula is C24H19N5O4. The highest BCUT2D eigenvalue weighted by molar-refractivity contribution is 6.18. The van der Waals surface area contributed by atoms with Crippen LogP contribution >= 0.6 is 0 Å². The number of fused-ring (bicyclic) bond motifs is 1. The quantitative estimate of drug-likeness (QED) is 0.188. The van der Waals surface area contributed by atoms with Crippen molar-refractivity contribution in [3.05, 3.63) is 90.1 Å². The number of carbonyl (C=O) groups excluding carboxylic acids is 2. The van der Waals surface area contributed by atoms with Gasteiger partial charge in [0.05, 0.1) is 17.4 Å². The van der Waals surface area contributed by atoms with Crippen LogP contribution in [-0.2, 0) is 19.3 Å². The van der Waals surface area contributed by atoms with E-state index in [2.05, 4.69) is 25.1 Å². The molecule has 2 aromatic heterocycles. The highest BCUT2D eigenvalue weighted by atomic mass is 16.7. The summed E-state index contributed by atoms with van der Waals surface area (Å²) in [5, 5.41) is 8.71. The van der Waals surface area contributed by atoms with Gasteiger partial charge < -0.3 is 14.2 Å². The van der Waals surface area contributed by atoms with Crippen molar-refractivity contribution in [3.63, 3.8) is 0 Å². The van der Waals surface area contributed by atoms with E-state index in [9.17, 15) is 9.59 Å². The molecule has 0 aliphatic heterocycles. The molecule has 4 aromatic rings. The maximum Gasteiger partial charge on any atom is 0.332 e. The highest BCUT2D eigenvalue weighted by Crippen LogP contribution is 2.27. The van der Waals surface area contributed by atoms with Crippen molar-refractivity contribution < 1.29 is 19.3 Å². The van der Waals surface area contributed by atoms with E-state index in [1.165, 1.54) is 6.92 Å². The summed E-state index contributed by atoms with van der Waals surface area (Å²) in [6.07, 6.45) is 6.58. The van der Waals surface area contributed by atoms with Crippen LogP contribution in [0.2, 0.25) is 0 Å². The summed E-state index contributed by atoms with van der Waals surface area (Å²) in [6.45, 7) is 3.31. The number of rotatable bonds is 7. The summed E-state index contributed by atoms with van der Waals surface area (Å²) < 4.78 is 2.00. The number of nitrogens with zero attached hydrogens (tertiary/aromatic N) is 5. The predicted molar refractivity (Wildman–Crippen MR) is 122 cm³/mol. The molecule has 0 N–H and O–H groups in total. The van der Waals surface area contributed by atoms with Gasteiger partial charge in [0.25, 0.3) is 0 Å². The zero-order valence-corrected chi connectivity index (χ0v) is 17.9. The van der Waals surface area contributed by atoms with Crippen LogP contribution in [0.4, 0.5) is 0 Å². The number of benzene rings is 2. The van der Waals surface area contributed by atoms with Crippen LogP contribution in [0.25, 0.3) is 16.6 Å². The summed E-state index contributed by atoms with van der Waals surface area (Å²) in [7, 11) is 0. The topological polar surface area (TPSA) is 108 Å². The van der Waals surface area contributed by atoms with E-state index in [0.29, 0.717) is 17.1 Å². The Balaban J connectivity index is 1.83. The predicted octanol–water partition coefficient (Wildman–Crippen LogP) is 3.63. The molecule has 33 heavy (non-hydrogen) atoms. The molecule has 0 saturated heterocycles. The molecule has 0 saturated carbocycles. The van der Waals surface area contributed by atoms with Gasteiger partial charge >= 0.3 is 12.4 Å². The van der Waals surface area contributed by atoms with Gasteiger partial charge in [0.1, 0.15) is 11.4 Å². The summed E-state index contributed by atoms with van der Waals surface area (Å²) in [6, 6.07) is 15.4. The second kappa shape index (κ2) is 9.65. The van der Waals surface area contributed by atoms with Crippen LogP contribution in [-0.4, -0.2) is 38.4 Å². The molecule has 0 bridgehead atoms. The second-order valence-corrected chi connectivity index (χ2v) is 6.97. The molecule has 9 heteroatoms. The van der Waals surface area contributed by atoms with Crippen LogP contribution in [0, 0.1) is 0 Å². The summed E-state index contributed by atoms with van der Waals surface area (Å²) in [4.78, 5) is 39.7. The van der Waals surface area contributed by atoms with Gasteiger partial charge in [-0.1, -0.05) is 40.6 Å². The Bertz CT molecular complexity index is 1360. The number of para-hydroxylation sites is 1. The molecule has 0 atom stereocenters. The molecule has 0 radical (unpaired) electrons. The lowest BCUT2D eigenvalue weighted by Gasteiger charge is -2.07. The van der Waals surface area contributed by atoms with Crippen molar-refractivity contribution in [1.29, 1.82) is 0 Å². The summed E-state index contributed by atoms with van der Waals surface area (Å²) in [5.74, 6) is -0.536. The first kappa shape index (κ1) is 21.6. The minimum atomic E-state index is -0.536. The van der Waals surface area contributed by atoms with E-state index in [1.807, 2.05) is 59.3 Å². The van der Waals surface area contributed by atoms with Gasteiger partial charge in [0.2, 0.25) is 0 Å². The molecule has 4 rings (SSSR count). The molecule has 0 aliphatic carbocycles. The molecule has 164 valence electrons. The monoisotopic (exact) mass is 441 g/mol. The largest absolute Gasteiger partial charge is 0.332 e. The molecular weight excluding hydrogens is 422 g/mol. The van der Waals surface area contributed by atoms with Crippen molar-refractivity contribution in [3.8, 4) is 5.69 Å². The normalized spacial score (nSPS) is 11.9. The first-order valence-electron chi connectivity index (χ1n) is 9.96. The van der Waals surface area contributed by atoms with E-state index >= 15 is 0 Å². The fourth-order valence-electron chi connectivity index (χ4n) is 3.36. The third-order valence-electron chi connectivity index (χ3n) is 4.83. The van der Waals surface area contributed by atoms with Crippen molar-refractivity contribution in [2.75, 3.05) is 0 Å². The fourth-order valence-corrected chi connectivity index (χ4v) is 3.36. The number of hydrogen-bond acceptors (Lipinski definition) is 8. The number of oxime groups is 2. The minimum Gasteiger partial charge on any atom is -0.321 e. The summed E-state index contributed by atoms with van der Waals surface area (Å²) >= 11 is 0. The van der Waals surface area contributed by atoms with Crippen molar-refractivity contribution in [2.24, 2.45) is 10.3 Å². The van der Waals surface area contributed by atoms with E-state index in [1.54, 1.807) is 25.5 Å². The van der Waals surface area contributed by atoms with E-state index in [4.69, 9.17) is 4.84 Å². The Morgan fingerprint density at radius 3 is 2.52 bits per heavy atom. The van der Waals surface area contributed by atoms with Gasteiger partial charge in [-0.3, -0.25) is 14.8 Å². The van der Waals surface area contributed by atoms with Gasteiger partial charge in [0, 0.05) is 42.2 Å². The van der Waals surface area contributed by atoms with Gasteiger partial charge in [-0.2, -0.15) is 0 Å². The van der Waals surface area contributed by atoms with Crippen LogP contribution < -0.4 is 0 Å². The molecule has 2 heterocycles. The van der Waals surface area contributed by atoms with E-state index in [0.717, 1.165) is 27.7 Å². The lowest BCUT2D eigenvalue weighted by atomic mass is 10.1. The van der Waals surface area contributed by atoms with Crippen molar-refractivity contribution in [1.82, 2.24) is 14.5 Å². The first-order chi connectivity index (χ1) is 16.1. The molecule has 0 amide bonds. The van der Waals surface area contributed by atoms with Gasteiger partial charge in [-0.05, 0) is 30.7 Å². The van der Waals surface area contributed by atoms with Crippen molar-refractivity contribution >= 4 is 34.8 Å². The van der Waals surface area contributed by atoms with Gasteiger partial charge in [-0.25, -0.2) is 4.79 Å². The molecule has 0 spiro atoms. The average molecular weight is 441 g/mol. The average Bonchev–Trinajstić information content (AvgIpc) is 3.23. The molecule has 9 nitrogen and oxygen atoms in total. The third-order valence-corrected chi connectivity index (χ3v) is 4.83. The highest BCUT2D eigenvalue weighted by Gasteiger charge is 2.18. The maximum absolute atomic E-state index is 11.4. The smallest absolute Gasteiger partial charge is 0.321 e. The molecule has 2 aromatic carbocycles. The number of aromatic nitrogens is 3. The Hall–Kier alpha value is -4.66. The molecule has 0 fully saturated rings. The lowest BCUT2D eigenvalue weighted by molar-refractivity contribution is -0.140. The third kappa shape index (κ3) is 4.67. The molecule has 0 unspecified atom stereocenters. The van der Waals surface area contributed by atoms with Crippen LogP contribution in [0.15, 0.2) is 83.6 Å². The lowest BCUT2D eigenvalue weighted by Crippen LogP contribution is -2.08. The van der Waals surface area contributed by atoms with Crippen molar-refractivity contribution in [2.45, 2.75) is 13.8 Å². The zero-order chi connectivity index (χ0) is 23.2. The van der Waals surface area contributed by atoms with Crippen LogP contribution in [0.1, 0.15) is 30.7 Å². The molecule has 0 aliphatic rings. The Kier molecular flexibility index (Phi) is 6.31. The Morgan fingerprint density at radius 1 is 1.03 bits per heavy atom. The number of carbonyl (C=O) groups is 2. The SMILES string of the molecule is CC(=O)O/N=C(\c1cnccn1)c1cn(-c2ccc(/C(C)=N/OC=O)cc2)c2ccccc12. The standard InChI is InChI=1S/C24H19N5O4/c1-16(27-32-15-30)18-7-9-19(10-8-18)29-14-21(20-5-3-4-6-23(20)29)24(28-33-17(2)31)22-13-25-11-12-26-22/h3-15H,1-2H3/b27-16+,28-24-. The number of hydrogen-bond donors (Lipinski definition) is 0.